The number of nitrogens with two attached hydrogens (primary N) is 1. The Bertz CT molecular complexity index is 614. The zero-order valence-electron chi connectivity index (χ0n) is 14.0. The van der Waals surface area contributed by atoms with Crippen molar-refractivity contribution in [2.45, 2.75) is 32.4 Å². The standard InChI is InChI=1S/C19H25NO3/c1-4-8-16(20)15-11-18(21-2)19(22-3)12-17(15)23-13-14-9-6-5-7-10-14/h5-7,9-12,16H,4,8,13,20H2,1-3H3/t16-/m0/s1. The summed E-state index contributed by atoms with van der Waals surface area (Å²) in [7, 11) is 3.24. The number of ether oxygens (including phenoxy) is 3. The van der Waals surface area contributed by atoms with Crippen molar-refractivity contribution >= 4 is 0 Å². The molecule has 2 aromatic rings. The normalized spacial score (nSPS) is 11.8. The lowest BCUT2D eigenvalue weighted by atomic mass is 10.0. The van der Waals surface area contributed by atoms with Gasteiger partial charge in [-0.3, -0.25) is 0 Å². The van der Waals surface area contributed by atoms with Crippen LogP contribution in [0.25, 0.3) is 0 Å². The predicted octanol–water partition coefficient (Wildman–Crippen LogP) is 4.08. The van der Waals surface area contributed by atoms with Gasteiger partial charge in [0.1, 0.15) is 12.4 Å². The van der Waals surface area contributed by atoms with Crippen LogP contribution < -0.4 is 19.9 Å². The van der Waals surface area contributed by atoms with Gasteiger partial charge in [0, 0.05) is 17.7 Å². The Balaban J connectivity index is 2.30. The van der Waals surface area contributed by atoms with E-state index in [4.69, 9.17) is 19.9 Å². The van der Waals surface area contributed by atoms with Gasteiger partial charge in [-0.2, -0.15) is 0 Å². The largest absolute Gasteiger partial charge is 0.493 e. The second-order valence-corrected chi connectivity index (χ2v) is 5.41. The van der Waals surface area contributed by atoms with Gasteiger partial charge in [-0.15, -0.1) is 0 Å². The van der Waals surface area contributed by atoms with Crippen molar-refractivity contribution in [2.24, 2.45) is 5.73 Å². The predicted molar refractivity (Wildman–Crippen MR) is 92.2 cm³/mol. The molecular weight excluding hydrogens is 290 g/mol. The Morgan fingerprint density at radius 2 is 1.61 bits per heavy atom. The van der Waals surface area contributed by atoms with Crippen molar-refractivity contribution in [1.82, 2.24) is 0 Å². The van der Waals surface area contributed by atoms with E-state index in [1.54, 1.807) is 14.2 Å². The van der Waals surface area contributed by atoms with Gasteiger partial charge < -0.3 is 19.9 Å². The Labute approximate surface area is 138 Å². The maximum Gasteiger partial charge on any atom is 0.164 e. The van der Waals surface area contributed by atoms with E-state index < -0.39 is 0 Å². The molecule has 2 rings (SSSR count). The van der Waals surface area contributed by atoms with Gasteiger partial charge >= 0.3 is 0 Å². The van der Waals surface area contributed by atoms with Crippen molar-refractivity contribution in [2.75, 3.05) is 14.2 Å². The van der Waals surface area contributed by atoms with Crippen molar-refractivity contribution in [3.05, 3.63) is 53.6 Å². The molecular formula is C19H25NO3. The Morgan fingerprint density at radius 1 is 0.957 bits per heavy atom. The van der Waals surface area contributed by atoms with E-state index in [0.29, 0.717) is 18.1 Å². The second-order valence-electron chi connectivity index (χ2n) is 5.41. The molecule has 23 heavy (non-hydrogen) atoms. The number of hydrogen-bond acceptors (Lipinski definition) is 4. The molecule has 4 heteroatoms. The maximum atomic E-state index is 6.31. The van der Waals surface area contributed by atoms with Crippen LogP contribution in [0.3, 0.4) is 0 Å². The lowest BCUT2D eigenvalue weighted by molar-refractivity contribution is 0.294. The smallest absolute Gasteiger partial charge is 0.164 e. The van der Waals surface area contributed by atoms with Crippen molar-refractivity contribution < 1.29 is 14.2 Å². The van der Waals surface area contributed by atoms with E-state index in [1.165, 1.54) is 0 Å². The molecule has 0 radical (unpaired) electrons. The van der Waals surface area contributed by atoms with Crippen LogP contribution in [0.5, 0.6) is 17.2 Å². The Morgan fingerprint density at radius 3 is 2.22 bits per heavy atom. The van der Waals surface area contributed by atoms with Crippen LogP contribution in [0, 0.1) is 0 Å². The molecule has 0 bridgehead atoms. The third-order valence-electron chi connectivity index (χ3n) is 3.75. The molecule has 0 heterocycles. The minimum atomic E-state index is -0.0921. The van der Waals surface area contributed by atoms with Gasteiger partial charge in [0.05, 0.1) is 14.2 Å². The highest BCUT2D eigenvalue weighted by atomic mass is 16.5. The summed E-state index contributed by atoms with van der Waals surface area (Å²) in [6, 6.07) is 13.7. The summed E-state index contributed by atoms with van der Waals surface area (Å²) in [5, 5.41) is 0. The Kier molecular flexibility index (Phi) is 6.29. The summed E-state index contributed by atoms with van der Waals surface area (Å²) in [5.41, 5.74) is 8.37. The fourth-order valence-electron chi connectivity index (χ4n) is 2.49. The molecule has 0 aliphatic heterocycles. The van der Waals surface area contributed by atoms with E-state index in [2.05, 4.69) is 6.92 Å². The first-order valence-electron chi connectivity index (χ1n) is 7.87. The second kappa shape index (κ2) is 8.44. The lowest BCUT2D eigenvalue weighted by Gasteiger charge is -2.19. The third kappa shape index (κ3) is 4.39. The van der Waals surface area contributed by atoms with E-state index in [1.807, 2.05) is 42.5 Å². The van der Waals surface area contributed by atoms with Crippen molar-refractivity contribution in [1.29, 1.82) is 0 Å². The van der Waals surface area contributed by atoms with Crippen LogP contribution in [-0.2, 0) is 6.61 Å². The number of benzene rings is 2. The molecule has 124 valence electrons. The minimum absolute atomic E-state index is 0.0921. The van der Waals surface area contributed by atoms with Crippen molar-refractivity contribution in [3.8, 4) is 17.2 Å². The SMILES string of the molecule is CCC[C@H](N)c1cc(OC)c(OC)cc1OCc1ccccc1. The van der Waals surface area contributed by atoms with Crippen molar-refractivity contribution in [3.63, 3.8) is 0 Å². The van der Waals surface area contributed by atoms with Crippen LogP contribution in [0.1, 0.15) is 36.9 Å². The molecule has 2 N–H and O–H groups in total. The maximum absolute atomic E-state index is 6.31. The number of methoxy groups -OCH3 is 2. The monoisotopic (exact) mass is 315 g/mol. The molecule has 0 saturated carbocycles. The van der Waals surface area contributed by atoms with Gasteiger partial charge in [0.2, 0.25) is 0 Å². The fourth-order valence-corrected chi connectivity index (χ4v) is 2.49. The Hall–Kier alpha value is -2.20. The highest BCUT2D eigenvalue weighted by Crippen LogP contribution is 2.38. The molecule has 4 nitrogen and oxygen atoms in total. The summed E-state index contributed by atoms with van der Waals surface area (Å²) < 4.78 is 16.8. The molecule has 0 saturated heterocycles. The molecule has 0 unspecified atom stereocenters. The zero-order chi connectivity index (χ0) is 16.7. The van der Waals surface area contributed by atoms with E-state index in [0.717, 1.165) is 29.7 Å². The average molecular weight is 315 g/mol. The quantitative estimate of drug-likeness (QED) is 0.797. The molecule has 0 aliphatic rings. The number of hydrogen-bond donors (Lipinski definition) is 1. The third-order valence-corrected chi connectivity index (χ3v) is 3.75. The van der Waals surface area contributed by atoms with Gasteiger partial charge in [-0.1, -0.05) is 43.7 Å². The van der Waals surface area contributed by atoms with Gasteiger partial charge in [-0.05, 0) is 18.1 Å². The molecule has 0 amide bonds. The average Bonchev–Trinajstić information content (AvgIpc) is 2.60. The highest BCUT2D eigenvalue weighted by molar-refractivity contribution is 5.51. The van der Waals surface area contributed by atoms with E-state index in [-0.39, 0.29) is 6.04 Å². The van der Waals surface area contributed by atoms with Crippen LogP contribution in [0.4, 0.5) is 0 Å². The topological polar surface area (TPSA) is 53.7 Å². The van der Waals surface area contributed by atoms with Gasteiger partial charge in [0.15, 0.2) is 11.5 Å². The number of rotatable bonds is 8. The first kappa shape index (κ1) is 17.2. The summed E-state index contributed by atoms with van der Waals surface area (Å²) in [4.78, 5) is 0. The van der Waals surface area contributed by atoms with E-state index >= 15 is 0 Å². The summed E-state index contributed by atoms with van der Waals surface area (Å²) >= 11 is 0. The summed E-state index contributed by atoms with van der Waals surface area (Å²) in [5.74, 6) is 2.05. The molecule has 2 aromatic carbocycles. The lowest BCUT2D eigenvalue weighted by Crippen LogP contribution is -2.12. The molecule has 0 spiro atoms. The van der Waals surface area contributed by atoms with Crippen LogP contribution in [0.2, 0.25) is 0 Å². The van der Waals surface area contributed by atoms with Gasteiger partial charge in [0.25, 0.3) is 0 Å². The summed E-state index contributed by atoms with van der Waals surface area (Å²) in [6.07, 6.45) is 1.89. The summed E-state index contributed by atoms with van der Waals surface area (Å²) in [6.45, 7) is 2.60. The van der Waals surface area contributed by atoms with Crippen LogP contribution in [-0.4, -0.2) is 14.2 Å². The molecule has 1 atom stereocenters. The van der Waals surface area contributed by atoms with Crippen LogP contribution in [0.15, 0.2) is 42.5 Å². The first-order valence-corrected chi connectivity index (χ1v) is 7.87. The molecule has 0 aromatic heterocycles. The first-order chi connectivity index (χ1) is 11.2. The molecule has 0 fully saturated rings. The molecule has 0 aliphatic carbocycles. The fraction of sp³-hybridized carbons (Fsp3) is 0.368. The van der Waals surface area contributed by atoms with Crippen LogP contribution >= 0.6 is 0 Å². The highest BCUT2D eigenvalue weighted by Gasteiger charge is 2.17. The van der Waals surface area contributed by atoms with E-state index in [9.17, 15) is 0 Å². The van der Waals surface area contributed by atoms with Gasteiger partial charge in [-0.25, -0.2) is 0 Å². The minimum Gasteiger partial charge on any atom is -0.493 e. The zero-order valence-corrected chi connectivity index (χ0v) is 14.0.